The molecule has 0 aliphatic heterocycles. The molecular weight excluding hydrogens is 227 g/mol. The molecule has 3 unspecified atom stereocenters. The van der Waals surface area contributed by atoms with Crippen molar-refractivity contribution in [3.8, 4) is 0 Å². The quantitative estimate of drug-likeness (QED) is 0.855. The van der Waals surface area contributed by atoms with Gasteiger partial charge in [0.05, 0.1) is 5.56 Å². The zero-order chi connectivity index (χ0) is 12.6. The highest BCUT2D eigenvalue weighted by Crippen LogP contribution is 2.46. The lowest BCUT2D eigenvalue weighted by molar-refractivity contribution is -0.137. The molecule has 1 nitrogen and oxygen atoms in total. The van der Waals surface area contributed by atoms with Crippen LogP contribution in [0, 0.1) is 11.8 Å². The van der Waals surface area contributed by atoms with E-state index in [2.05, 4.69) is 12.2 Å². The molecular formula is C13H16F3N. The molecule has 0 heterocycles. The van der Waals surface area contributed by atoms with Gasteiger partial charge in [-0.05, 0) is 43.0 Å². The van der Waals surface area contributed by atoms with Gasteiger partial charge in [0.15, 0.2) is 0 Å². The summed E-state index contributed by atoms with van der Waals surface area (Å²) >= 11 is 0. The monoisotopic (exact) mass is 243 g/mol. The predicted octanol–water partition coefficient (Wildman–Crippen LogP) is 3.62. The van der Waals surface area contributed by atoms with E-state index in [9.17, 15) is 13.2 Å². The topological polar surface area (TPSA) is 12.0 Å². The second-order valence-electron chi connectivity index (χ2n) is 4.76. The first-order valence-electron chi connectivity index (χ1n) is 5.78. The van der Waals surface area contributed by atoms with Crippen LogP contribution < -0.4 is 5.32 Å². The van der Waals surface area contributed by atoms with E-state index < -0.39 is 11.7 Å². The Labute approximate surface area is 99.0 Å². The Morgan fingerprint density at radius 3 is 2.12 bits per heavy atom. The number of alkyl halides is 3. The summed E-state index contributed by atoms with van der Waals surface area (Å²) in [6.07, 6.45) is -3.10. The molecule has 2 rings (SSSR count). The number of hydrogen-bond donors (Lipinski definition) is 1. The Kier molecular flexibility index (Phi) is 3.17. The van der Waals surface area contributed by atoms with Gasteiger partial charge in [0.25, 0.3) is 0 Å². The summed E-state index contributed by atoms with van der Waals surface area (Å²) in [7, 11) is 1.85. The number of halogens is 3. The van der Waals surface area contributed by atoms with Gasteiger partial charge >= 0.3 is 6.18 Å². The van der Waals surface area contributed by atoms with E-state index in [0.717, 1.165) is 24.1 Å². The van der Waals surface area contributed by atoms with Crippen LogP contribution in [0.5, 0.6) is 0 Å². The molecule has 4 heteroatoms. The predicted molar refractivity (Wildman–Crippen MR) is 60.5 cm³/mol. The fourth-order valence-corrected chi connectivity index (χ4v) is 2.32. The van der Waals surface area contributed by atoms with E-state index in [1.54, 1.807) is 12.1 Å². The first kappa shape index (κ1) is 12.4. The Balaban J connectivity index is 2.17. The molecule has 0 aromatic heterocycles. The minimum Gasteiger partial charge on any atom is -0.313 e. The molecule has 1 N–H and O–H groups in total. The normalized spacial score (nSPS) is 25.7. The zero-order valence-electron chi connectivity index (χ0n) is 9.88. The fraction of sp³-hybridized carbons (Fsp3) is 0.538. The lowest BCUT2D eigenvalue weighted by atomic mass is 10.00. The van der Waals surface area contributed by atoms with E-state index >= 15 is 0 Å². The first-order chi connectivity index (χ1) is 7.93. The lowest BCUT2D eigenvalue weighted by Gasteiger charge is -2.17. The molecule has 0 saturated heterocycles. The van der Waals surface area contributed by atoms with Crippen LogP contribution in [0.3, 0.4) is 0 Å². The summed E-state index contributed by atoms with van der Waals surface area (Å²) in [6, 6.07) is 5.65. The number of nitrogens with one attached hydrogen (secondary N) is 1. The van der Waals surface area contributed by atoms with Gasteiger partial charge in [-0.2, -0.15) is 13.2 Å². The third-order valence-electron chi connectivity index (χ3n) is 3.51. The average molecular weight is 243 g/mol. The van der Waals surface area contributed by atoms with Gasteiger partial charge < -0.3 is 5.32 Å². The summed E-state index contributed by atoms with van der Waals surface area (Å²) in [5.41, 5.74) is 0.356. The van der Waals surface area contributed by atoms with E-state index in [1.807, 2.05) is 7.05 Å². The highest BCUT2D eigenvalue weighted by Gasteiger charge is 2.39. The molecule has 1 aromatic carbocycles. The maximum absolute atomic E-state index is 12.4. The second kappa shape index (κ2) is 4.33. The molecule has 94 valence electrons. The van der Waals surface area contributed by atoms with Crippen LogP contribution in [0.15, 0.2) is 24.3 Å². The summed E-state index contributed by atoms with van der Waals surface area (Å²) in [5, 5.41) is 3.19. The molecule has 0 amide bonds. The van der Waals surface area contributed by atoms with Crippen LogP contribution in [0.2, 0.25) is 0 Å². The van der Waals surface area contributed by atoms with Crippen molar-refractivity contribution in [2.24, 2.45) is 11.8 Å². The summed E-state index contributed by atoms with van der Waals surface area (Å²) < 4.78 is 37.3. The first-order valence-corrected chi connectivity index (χ1v) is 5.78. The van der Waals surface area contributed by atoms with Crippen LogP contribution >= 0.6 is 0 Å². The molecule has 3 atom stereocenters. The van der Waals surface area contributed by atoms with E-state index in [4.69, 9.17) is 0 Å². The minimum atomic E-state index is -4.25. The van der Waals surface area contributed by atoms with E-state index in [1.165, 1.54) is 0 Å². The van der Waals surface area contributed by atoms with Crippen LogP contribution in [-0.2, 0) is 6.18 Å². The standard InChI is InChI=1S/C13H16F3N/c1-8-7-11(8)12(17-2)9-3-5-10(6-4-9)13(14,15)16/h3-6,8,11-12,17H,7H2,1-2H3. The molecule has 17 heavy (non-hydrogen) atoms. The van der Waals surface area contributed by atoms with Gasteiger partial charge in [-0.3, -0.25) is 0 Å². The molecule has 1 aromatic rings. The number of hydrogen-bond acceptors (Lipinski definition) is 1. The average Bonchev–Trinajstić information content (AvgIpc) is 2.96. The van der Waals surface area contributed by atoms with Gasteiger partial charge in [0.2, 0.25) is 0 Å². The van der Waals surface area contributed by atoms with Crippen LogP contribution in [0.25, 0.3) is 0 Å². The summed E-state index contributed by atoms with van der Waals surface area (Å²) in [5.74, 6) is 1.21. The number of benzene rings is 1. The SMILES string of the molecule is CNC(c1ccc(C(F)(F)F)cc1)C1CC1C. The minimum absolute atomic E-state index is 0.173. The third-order valence-corrected chi connectivity index (χ3v) is 3.51. The molecule has 1 saturated carbocycles. The molecule has 0 spiro atoms. The van der Waals surface area contributed by atoms with Crippen molar-refractivity contribution in [3.05, 3.63) is 35.4 Å². The maximum atomic E-state index is 12.4. The Hall–Kier alpha value is -1.03. The highest BCUT2D eigenvalue weighted by atomic mass is 19.4. The van der Waals surface area contributed by atoms with Crippen LogP contribution in [0.1, 0.15) is 30.5 Å². The van der Waals surface area contributed by atoms with E-state index in [-0.39, 0.29) is 6.04 Å². The Bertz CT molecular complexity index is 383. The van der Waals surface area contributed by atoms with Crippen molar-refractivity contribution in [3.63, 3.8) is 0 Å². The largest absolute Gasteiger partial charge is 0.416 e. The summed E-state index contributed by atoms with van der Waals surface area (Å²) in [4.78, 5) is 0. The van der Waals surface area contributed by atoms with Crippen molar-refractivity contribution < 1.29 is 13.2 Å². The summed E-state index contributed by atoms with van der Waals surface area (Å²) in [6.45, 7) is 2.17. The molecule has 1 fully saturated rings. The molecule has 1 aliphatic carbocycles. The highest BCUT2D eigenvalue weighted by molar-refractivity contribution is 5.28. The Morgan fingerprint density at radius 2 is 1.76 bits per heavy atom. The fourth-order valence-electron chi connectivity index (χ4n) is 2.32. The maximum Gasteiger partial charge on any atom is 0.416 e. The zero-order valence-corrected chi connectivity index (χ0v) is 9.88. The smallest absolute Gasteiger partial charge is 0.313 e. The lowest BCUT2D eigenvalue weighted by Crippen LogP contribution is -2.19. The van der Waals surface area contributed by atoms with Crippen molar-refractivity contribution in [1.82, 2.24) is 5.32 Å². The van der Waals surface area contributed by atoms with Crippen LogP contribution in [0.4, 0.5) is 13.2 Å². The van der Waals surface area contributed by atoms with Gasteiger partial charge in [0, 0.05) is 6.04 Å². The third kappa shape index (κ3) is 2.63. The van der Waals surface area contributed by atoms with Gasteiger partial charge in [-0.1, -0.05) is 19.1 Å². The molecule has 1 aliphatic rings. The van der Waals surface area contributed by atoms with Gasteiger partial charge in [0.1, 0.15) is 0 Å². The number of rotatable bonds is 3. The Morgan fingerprint density at radius 1 is 1.24 bits per heavy atom. The van der Waals surface area contributed by atoms with Crippen molar-refractivity contribution in [2.45, 2.75) is 25.6 Å². The second-order valence-corrected chi connectivity index (χ2v) is 4.76. The van der Waals surface area contributed by atoms with Crippen molar-refractivity contribution in [1.29, 1.82) is 0 Å². The van der Waals surface area contributed by atoms with Crippen molar-refractivity contribution >= 4 is 0 Å². The molecule has 0 radical (unpaired) electrons. The van der Waals surface area contributed by atoms with Crippen molar-refractivity contribution in [2.75, 3.05) is 7.05 Å². The van der Waals surface area contributed by atoms with Gasteiger partial charge in [-0.15, -0.1) is 0 Å². The van der Waals surface area contributed by atoms with Gasteiger partial charge in [-0.25, -0.2) is 0 Å². The molecule has 0 bridgehead atoms. The van der Waals surface area contributed by atoms with Crippen LogP contribution in [-0.4, -0.2) is 7.05 Å². The van der Waals surface area contributed by atoms with E-state index in [0.29, 0.717) is 11.8 Å².